The molecule has 0 saturated heterocycles. The third-order valence-corrected chi connectivity index (χ3v) is 8.31. The average molecular weight is 451 g/mol. The molecule has 0 N–H and O–H groups in total. The number of benzene rings is 2. The molecule has 0 spiro atoms. The number of hydrazone groups is 2. The van der Waals surface area contributed by atoms with Gasteiger partial charge in [-0.05, 0) is 63.5 Å². The number of hydrogen-bond acceptors (Lipinski definition) is 5. The molecule has 31 heavy (non-hydrogen) atoms. The van der Waals surface area contributed by atoms with Gasteiger partial charge in [0.25, 0.3) is 0 Å². The molecule has 0 bridgehead atoms. The minimum Gasteiger partial charge on any atom is -0.299 e. The summed E-state index contributed by atoms with van der Waals surface area (Å²) in [6.45, 7) is 13.7. The molecule has 1 aliphatic carbocycles. The first-order valence-electron chi connectivity index (χ1n) is 10.9. The number of para-hydroxylation sites is 2. The van der Waals surface area contributed by atoms with E-state index in [0.29, 0.717) is 19.3 Å². The van der Waals surface area contributed by atoms with Crippen molar-refractivity contribution in [3.63, 3.8) is 0 Å². The third kappa shape index (κ3) is 6.01. The van der Waals surface area contributed by atoms with Crippen LogP contribution in [-0.2, 0) is 4.79 Å². The van der Waals surface area contributed by atoms with Crippen LogP contribution in [0.25, 0.3) is 0 Å². The van der Waals surface area contributed by atoms with Crippen LogP contribution in [0.2, 0.25) is 39.3 Å². The van der Waals surface area contributed by atoms with Gasteiger partial charge in [0.1, 0.15) is 5.78 Å². The predicted molar refractivity (Wildman–Crippen MR) is 138 cm³/mol. The number of Topliss-reactive ketones (excluding diaryl/α,β-unsaturated/α-hetero) is 1. The number of hydrogen-bond donors (Lipinski definition) is 0. The lowest BCUT2D eigenvalue weighted by Gasteiger charge is -2.35. The van der Waals surface area contributed by atoms with Crippen molar-refractivity contribution in [3.8, 4) is 0 Å². The number of carbonyl (C=O) groups excluding carboxylic acids is 1. The topological polar surface area (TPSA) is 48.3 Å². The van der Waals surface area contributed by atoms with Crippen LogP contribution in [0.4, 0.5) is 11.4 Å². The van der Waals surface area contributed by atoms with Gasteiger partial charge in [-0.2, -0.15) is 10.2 Å². The molecule has 0 unspecified atom stereocenters. The van der Waals surface area contributed by atoms with Gasteiger partial charge >= 0.3 is 0 Å². The van der Waals surface area contributed by atoms with Crippen LogP contribution < -0.4 is 9.35 Å². The first-order chi connectivity index (χ1) is 14.6. The van der Waals surface area contributed by atoms with Gasteiger partial charge in [0.05, 0.1) is 17.8 Å². The van der Waals surface area contributed by atoms with E-state index in [-0.39, 0.29) is 5.78 Å². The van der Waals surface area contributed by atoms with Crippen molar-refractivity contribution in [1.29, 1.82) is 0 Å². The highest BCUT2D eigenvalue weighted by Gasteiger charge is 2.31. The molecular weight excluding hydrogens is 416 g/mol. The van der Waals surface area contributed by atoms with Crippen molar-refractivity contribution in [2.24, 2.45) is 10.2 Å². The summed E-state index contributed by atoms with van der Waals surface area (Å²) >= 11 is 0. The van der Waals surface area contributed by atoms with Crippen LogP contribution in [0.5, 0.6) is 0 Å². The molecule has 0 atom stereocenters. The van der Waals surface area contributed by atoms with E-state index < -0.39 is 16.5 Å². The Morgan fingerprint density at radius 1 is 0.645 bits per heavy atom. The first-order valence-corrected chi connectivity index (χ1v) is 17.8. The molecule has 0 aliphatic heterocycles. The average Bonchev–Trinajstić information content (AvgIpc) is 2.71. The number of nitrogens with zero attached hydrogens (tertiary/aromatic N) is 4. The molecule has 2 aromatic rings. The van der Waals surface area contributed by atoms with E-state index in [0.717, 1.165) is 22.8 Å². The minimum atomic E-state index is -1.83. The van der Waals surface area contributed by atoms with Gasteiger partial charge in [0, 0.05) is 24.2 Å². The molecule has 0 aromatic heterocycles. The van der Waals surface area contributed by atoms with E-state index in [1.54, 1.807) is 0 Å². The lowest BCUT2D eigenvalue weighted by Crippen LogP contribution is -2.46. The largest absolute Gasteiger partial charge is 0.299 e. The third-order valence-electron chi connectivity index (χ3n) is 5.05. The fourth-order valence-corrected chi connectivity index (χ4v) is 6.24. The standard InChI is InChI=1S/C24H34N4OSi2/c1-30(2,3)27(20-13-9-7-10-14-20)25-23-18-17-22(29)19-24(23)26-28(31(4,5)6)21-15-11-8-12-16-21/h7-16H,17-19H2,1-6H3/b25-23-,26-24+. The Labute approximate surface area is 188 Å². The number of rotatable bonds is 6. The first kappa shape index (κ1) is 23.2. The molecular formula is C24H34N4OSi2. The van der Waals surface area contributed by atoms with Crippen LogP contribution in [0.3, 0.4) is 0 Å². The molecule has 3 rings (SSSR count). The van der Waals surface area contributed by atoms with Crippen LogP contribution in [0, 0.1) is 0 Å². The highest BCUT2D eigenvalue weighted by Crippen LogP contribution is 2.26. The molecule has 1 fully saturated rings. The smallest absolute Gasteiger partial charge is 0.176 e. The summed E-state index contributed by atoms with van der Waals surface area (Å²) in [6.07, 6.45) is 1.52. The second-order valence-electron chi connectivity index (χ2n) is 9.95. The normalized spacial score (nSPS) is 17.8. The molecule has 5 nitrogen and oxygen atoms in total. The predicted octanol–water partition coefficient (Wildman–Crippen LogP) is 6.13. The molecule has 0 radical (unpaired) electrons. The Balaban J connectivity index is 2.08. The van der Waals surface area contributed by atoms with Gasteiger partial charge < -0.3 is 0 Å². The van der Waals surface area contributed by atoms with E-state index >= 15 is 0 Å². The Hall–Kier alpha value is -2.52. The monoisotopic (exact) mass is 450 g/mol. The summed E-state index contributed by atoms with van der Waals surface area (Å²) in [4.78, 5) is 12.4. The Kier molecular flexibility index (Phi) is 6.96. The zero-order chi connectivity index (χ0) is 22.6. The van der Waals surface area contributed by atoms with Gasteiger partial charge in [0.2, 0.25) is 0 Å². The van der Waals surface area contributed by atoms with Gasteiger partial charge in [-0.3, -0.25) is 14.1 Å². The molecule has 1 saturated carbocycles. The van der Waals surface area contributed by atoms with Crippen molar-refractivity contribution in [2.75, 3.05) is 9.35 Å². The van der Waals surface area contributed by atoms with E-state index in [4.69, 9.17) is 10.2 Å². The zero-order valence-electron chi connectivity index (χ0n) is 19.6. The molecule has 2 aromatic carbocycles. The fourth-order valence-electron chi connectivity index (χ4n) is 3.55. The highest BCUT2D eigenvalue weighted by molar-refractivity contribution is 6.80. The molecule has 1 aliphatic rings. The van der Waals surface area contributed by atoms with Crippen molar-refractivity contribution < 1.29 is 4.79 Å². The zero-order valence-corrected chi connectivity index (χ0v) is 21.6. The summed E-state index contributed by atoms with van der Waals surface area (Å²) in [5.74, 6) is 0.237. The lowest BCUT2D eigenvalue weighted by molar-refractivity contribution is -0.117. The van der Waals surface area contributed by atoms with Crippen LogP contribution in [-0.4, -0.2) is 33.7 Å². The molecule has 0 amide bonds. The van der Waals surface area contributed by atoms with E-state index in [9.17, 15) is 4.79 Å². The maximum absolute atomic E-state index is 12.4. The van der Waals surface area contributed by atoms with E-state index in [2.05, 4.69) is 72.9 Å². The molecule has 7 heteroatoms. The van der Waals surface area contributed by atoms with Crippen molar-refractivity contribution in [2.45, 2.75) is 58.5 Å². The van der Waals surface area contributed by atoms with Crippen LogP contribution >= 0.6 is 0 Å². The second-order valence-corrected chi connectivity index (χ2v) is 19.5. The Bertz CT molecular complexity index is 961. The maximum atomic E-state index is 12.4. The number of anilines is 2. The Morgan fingerprint density at radius 2 is 1.06 bits per heavy atom. The van der Waals surface area contributed by atoms with Crippen molar-refractivity contribution in [3.05, 3.63) is 60.7 Å². The summed E-state index contributed by atoms with van der Waals surface area (Å²) in [6, 6.07) is 20.6. The van der Waals surface area contributed by atoms with Crippen molar-refractivity contribution in [1.82, 2.24) is 0 Å². The summed E-state index contributed by atoms with van der Waals surface area (Å²) in [7, 11) is -3.63. The fraction of sp³-hybridized carbons (Fsp3) is 0.375. The minimum absolute atomic E-state index is 0.237. The van der Waals surface area contributed by atoms with Gasteiger partial charge in [-0.1, -0.05) is 36.4 Å². The molecule has 164 valence electrons. The lowest BCUT2D eigenvalue weighted by atomic mass is 9.95. The van der Waals surface area contributed by atoms with Crippen molar-refractivity contribution >= 4 is 45.1 Å². The van der Waals surface area contributed by atoms with Gasteiger partial charge in [-0.25, -0.2) is 0 Å². The SMILES string of the molecule is C[Si](C)(C)N(/N=C1/CCC(=O)C/C1=N\N(c1ccccc1)[Si](C)(C)C)c1ccccc1. The Morgan fingerprint density at radius 3 is 1.48 bits per heavy atom. The highest BCUT2D eigenvalue weighted by atomic mass is 28.3. The van der Waals surface area contributed by atoms with Gasteiger partial charge in [0.15, 0.2) is 16.5 Å². The maximum Gasteiger partial charge on any atom is 0.176 e. The number of ketones is 1. The van der Waals surface area contributed by atoms with Crippen LogP contribution in [0.1, 0.15) is 19.3 Å². The molecule has 0 heterocycles. The summed E-state index contributed by atoms with van der Waals surface area (Å²) < 4.78 is 4.34. The summed E-state index contributed by atoms with van der Waals surface area (Å²) in [5, 5.41) is 10.2. The van der Waals surface area contributed by atoms with E-state index in [1.807, 2.05) is 36.4 Å². The second kappa shape index (κ2) is 9.32. The van der Waals surface area contributed by atoms with Crippen LogP contribution in [0.15, 0.2) is 70.9 Å². The van der Waals surface area contributed by atoms with Gasteiger partial charge in [-0.15, -0.1) is 0 Å². The number of carbonyl (C=O) groups is 1. The van der Waals surface area contributed by atoms with E-state index in [1.165, 1.54) is 0 Å². The quantitative estimate of drug-likeness (QED) is 0.392. The summed E-state index contributed by atoms with van der Waals surface area (Å²) in [5.41, 5.74) is 3.90.